The molecule has 0 atom stereocenters. The van der Waals surface area contributed by atoms with Crippen LogP contribution in [0.4, 0.5) is 0 Å². The van der Waals surface area contributed by atoms with Crippen LogP contribution in [0.25, 0.3) is 0 Å². The van der Waals surface area contributed by atoms with Gasteiger partial charge in [-0.25, -0.2) is 0 Å². The van der Waals surface area contributed by atoms with Crippen LogP contribution < -0.4 is 0 Å². The average Bonchev–Trinajstić information content (AvgIpc) is 2.34. The van der Waals surface area contributed by atoms with Crippen LogP contribution in [0.3, 0.4) is 0 Å². The van der Waals surface area contributed by atoms with E-state index in [0.717, 1.165) is 38.3 Å². The third-order valence-electron chi connectivity index (χ3n) is 3.17. The van der Waals surface area contributed by atoms with Crippen molar-refractivity contribution in [1.29, 1.82) is 5.26 Å². The Balaban J connectivity index is 2.02. The molecule has 2 rings (SSSR count). The number of likely N-dealkylation sites (N-methyl/N-ethyl adjacent to an activating group) is 1. The summed E-state index contributed by atoms with van der Waals surface area (Å²) in [5.74, 6) is 0. The zero-order valence-electron chi connectivity index (χ0n) is 9.99. The number of halogens is 1. The van der Waals surface area contributed by atoms with Crippen LogP contribution in [0, 0.1) is 11.3 Å². The van der Waals surface area contributed by atoms with Gasteiger partial charge in [0, 0.05) is 37.7 Å². The standard InChI is InChI=1S/C13H16ClN3/c1-16-4-6-17(7-5-16)10-12-3-2-11(9-15)8-13(12)14/h2-3,8H,4-7,10H2,1H3. The second-order valence-electron chi connectivity index (χ2n) is 4.50. The second kappa shape index (κ2) is 5.50. The Bertz CT molecular complexity index is 431. The van der Waals surface area contributed by atoms with E-state index in [-0.39, 0.29) is 0 Å². The van der Waals surface area contributed by atoms with Crippen molar-refractivity contribution >= 4 is 11.6 Å². The van der Waals surface area contributed by atoms with Crippen LogP contribution in [0.15, 0.2) is 18.2 Å². The molecule has 1 aliphatic heterocycles. The molecule has 1 aromatic rings. The van der Waals surface area contributed by atoms with E-state index in [9.17, 15) is 0 Å². The van der Waals surface area contributed by atoms with Crippen molar-refractivity contribution in [2.45, 2.75) is 6.54 Å². The predicted octanol–water partition coefficient (Wildman–Crippen LogP) is 1.96. The quantitative estimate of drug-likeness (QED) is 0.803. The van der Waals surface area contributed by atoms with Crippen molar-refractivity contribution in [2.24, 2.45) is 0 Å². The average molecular weight is 250 g/mol. The molecule has 0 spiro atoms. The van der Waals surface area contributed by atoms with Gasteiger partial charge in [0.1, 0.15) is 0 Å². The van der Waals surface area contributed by atoms with Gasteiger partial charge in [0.05, 0.1) is 11.6 Å². The third-order valence-corrected chi connectivity index (χ3v) is 3.52. The lowest BCUT2D eigenvalue weighted by Crippen LogP contribution is -2.43. The molecule has 0 unspecified atom stereocenters. The summed E-state index contributed by atoms with van der Waals surface area (Å²) < 4.78 is 0. The van der Waals surface area contributed by atoms with Crippen molar-refractivity contribution in [3.05, 3.63) is 34.3 Å². The summed E-state index contributed by atoms with van der Waals surface area (Å²) in [6.07, 6.45) is 0. The molecule has 1 aliphatic rings. The van der Waals surface area contributed by atoms with Crippen LogP contribution in [0.5, 0.6) is 0 Å². The second-order valence-corrected chi connectivity index (χ2v) is 4.90. The third kappa shape index (κ3) is 3.19. The molecule has 1 aromatic carbocycles. The van der Waals surface area contributed by atoms with Crippen LogP contribution in [-0.2, 0) is 6.54 Å². The minimum atomic E-state index is 0.622. The fourth-order valence-electron chi connectivity index (χ4n) is 1.99. The number of nitrogens with zero attached hydrogens (tertiary/aromatic N) is 3. The van der Waals surface area contributed by atoms with Gasteiger partial charge >= 0.3 is 0 Å². The van der Waals surface area contributed by atoms with E-state index in [0.29, 0.717) is 10.6 Å². The molecule has 1 heterocycles. The molecular formula is C13H16ClN3. The van der Waals surface area contributed by atoms with E-state index in [1.165, 1.54) is 0 Å². The van der Waals surface area contributed by atoms with E-state index in [4.69, 9.17) is 16.9 Å². The molecule has 0 radical (unpaired) electrons. The molecule has 4 heteroatoms. The summed E-state index contributed by atoms with van der Waals surface area (Å²) in [5.41, 5.74) is 1.73. The van der Waals surface area contributed by atoms with Gasteiger partial charge in [0.25, 0.3) is 0 Å². The summed E-state index contributed by atoms with van der Waals surface area (Å²) in [7, 11) is 2.14. The van der Waals surface area contributed by atoms with Gasteiger partial charge in [-0.3, -0.25) is 4.90 Å². The Morgan fingerprint density at radius 1 is 1.29 bits per heavy atom. The maximum absolute atomic E-state index is 8.78. The number of rotatable bonds is 2. The highest BCUT2D eigenvalue weighted by atomic mass is 35.5. The van der Waals surface area contributed by atoms with E-state index in [1.54, 1.807) is 6.07 Å². The molecule has 0 bridgehead atoms. The molecule has 0 aromatic heterocycles. The maximum Gasteiger partial charge on any atom is 0.0992 e. The summed E-state index contributed by atoms with van der Waals surface area (Å²) in [5, 5.41) is 9.48. The molecule has 17 heavy (non-hydrogen) atoms. The number of benzene rings is 1. The normalized spacial score (nSPS) is 17.9. The molecule has 0 aliphatic carbocycles. The summed E-state index contributed by atoms with van der Waals surface area (Å²) in [4.78, 5) is 4.73. The van der Waals surface area contributed by atoms with Gasteiger partial charge in [0.2, 0.25) is 0 Å². The molecule has 0 N–H and O–H groups in total. The fraction of sp³-hybridized carbons (Fsp3) is 0.462. The molecule has 0 amide bonds. The lowest BCUT2D eigenvalue weighted by atomic mass is 10.1. The number of hydrogen-bond donors (Lipinski definition) is 0. The fourth-order valence-corrected chi connectivity index (χ4v) is 2.23. The zero-order valence-corrected chi connectivity index (χ0v) is 10.7. The molecule has 0 saturated carbocycles. The van der Waals surface area contributed by atoms with Crippen molar-refractivity contribution in [3.63, 3.8) is 0 Å². The smallest absolute Gasteiger partial charge is 0.0992 e. The minimum Gasteiger partial charge on any atom is -0.304 e. The molecular weight excluding hydrogens is 234 g/mol. The van der Waals surface area contributed by atoms with Crippen LogP contribution >= 0.6 is 11.6 Å². The monoisotopic (exact) mass is 249 g/mol. The van der Waals surface area contributed by atoms with Gasteiger partial charge in [-0.15, -0.1) is 0 Å². The summed E-state index contributed by atoms with van der Waals surface area (Å²) >= 11 is 6.17. The number of piperazine rings is 1. The largest absolute Gasteiger partial charge is 0.304 e. The van der Waals surface area contributed by atoms with Crippen molar-refractivity contribution in [2.75, 3.05) is 33.2 Å². The predicted molar refractivity (Wildman–Crippen MR) is 68.9 cm³/mol. The van der Waals surface area contributed by atoms with Crippen LogP contribution in [-0.4, -0.2) is 43.0 Å². The van der Waals surface area contributed by atoms with E-state index < -0.39 is 0 Å². The SMILES string of the molecule is CN1CCN(Cc2ccc(C#N)cc2Cl)CC1. The van der Waals surface area contributed by atoms with Crippen LogP contribution in [0.1, 0.15) is 11.1 Å². The molecule has 3 nitrogen and oxygen atoms in total. The lowest BCUT2D eigenvalue weighted by Gasteiger charge is -2.32. The first kappa shape index (κ1) is 12.4. The Morgan fingerprint density at radius 2 is 2.00 bits per heavy atom. The highest BCUT2D eigenvalue weighted by Crippen LogP contribution is 2.19. The number of nitriles is 1. The van der Waals surface area contributed by atoms with Gasteiger partial charge < -0.3 is 4.90 Å². The van der Waals surface area contributed by atoms with Crippen molar-refractivity contribution in [1.82, 2.24) is 9.80 Å². The van der Waals surface area contributed by atoms with Gasteiger partial charge in [-0.05, 0) is 24.7 Å². The highest BCUT2D eigenvalue weighted by molar-refractivity contribution is 6.31. The van der Waals surface area contributed by atoms with E-state index in [1.807, 2.05) is 12.1 Å². The first-order chi connectivity index (χ1) is 8.19. The first-order valence-electron chi connectivity index (χ1n) is 5.78. The minimum absolute atomic E-state index is 0.622. The maximum atomic E-state index is 8.78. The Morgan fingerprint density at radius 3 is 2.59 bits per heavy atom. The van der Waals surface area contributed by atoms with Gasteiger partial charge in [-0.1, -0.05) is 17.7 Å². The summed E-state index contributed by atoms with van der Waals surface area (Å²) in [6, 6.07) is 7.63. The topological polar surface area (TPSA) is 30.3 Å². The van der Waals surface area contributed by atoms with Gasteiger partial charge in [0.15, 0.2) is 0 Å². The lowest BCUT2D eigenvalue weighted by molar-refractivity contribution is 0.148. The van der Waals surface area contributed by atoms with E-state index >= 15 is 0 Å². The highest BCUT2D eigenvalue weighted by Gasteiger charge is 2.14. The first-order valence-corrected chi connectivity index (χ1v) is 6.16. The van der Waals surface area contributed by atoms with E-state index in [2.05, 4.69) is 22.9 Å². The number of hydrogen-bond acceptors (Lipinski definition) is 3. The Labute approximate surface area is 107 Å². The van der Waals surface area contributed by atoms with Crippen LogP contribution in [0.2, 0.25) is 5.02 Å². The van der Waals surface area contributed by atoms with Gasteiger partial charge in [-0.2, -0.15) is 5.26 Å². The Hall–Kier alpha value is -1.08. The summed E-state index contributed by atoms with van der Waals surface area (Å²) in [6.45, 7) is 5.24. The van der Waals surface area contributed by atoms with Crippen molar-refractivity contribution in [3.8, 4) is 6.07 Å². The molecule has 1 saturated heterocycles. The molecule has 1 fully saturated rings. The zero-order chi connectivity index (χ0) is 12.3. The van der Waals surface area contributed by atoms with Crippen molar-refractivity contribution < 1.29 is 0 Å². The Kier molecular flexibility index (Phi) is 4.01. The molecule has 90 valence electrons.